The first kappa shape index (κ1) is 14.9. The van der Waals surface area contributed by atoms with Crippen molar-refractivity contribution in [2.45, 2.75) is 38.6 Å². The Kier molecular flexibility index (Phi) is 5.01. The molecule has 1 aliphatic rings. The van der Waals surface area contributed by atoms with Crippen LogP contribution in [0.25, 0.3) is 0 Å². The number of carbonyl (C=O) groups excluding carboxylic acids is 1. The third kappa shape index (κ3) is 3.31. The number of para-hydroxylation sites is 1. The summed E-state index contributed by atoms with van der Waals surface area (Å²) in [5.74, 6) is 1.09. The zero-order valence-electron chi connectivity index (χ0n) is 12.2. The van der Waals surface area contributed by atoms with Gasteiger partial charge in [0, 0.05) is 6.54 Å². The lowest BCUT2D eigenvalue weighted by Gasteiger charge is -2.23. The summed E-state index contributed by atoms with van der Waals surface area (Å²) in [6, 6.07) is 7.78. The molecule has 0 aromatic heterocycles. The van der Waals surface area contributed by atoms with Gasteiger partial charge >= 0.3 is 0 Å². The zero-order valence-corrected chi connectivity index (χ0v) is 12.2. The van der Waals surface area contributed by atoms with Crippen LogP contribution in [0.15, 0.2) is 24.3 Å². The average Bonchev–Trinajstić information content (AvgIpc) is 2.93. The highest BCUT2D eigenvalue weighted by atomic mass is 16.5. The molecule has 1 amide bonds. The number of carbonyl (C=O) groups is 1. The van der Waals surface area contributed by atoms with Crippen LogP contribution in [0.2, 0.25) is 0 Å². The normalized spacial score (nSPS) is 18.6. The molecule has 1 N–H and O–H groups in total. The number of aliphatic hydroxyl groups is 1. The van der Waals surface area contributed by atoms with Crippen LogP contribution in [0.4, 0.5) is 0 Å². The molecular formula is C16H23NO3. The molecule has 1 aromatic carbocycles. The standard InChI is InChI=1S/C16H23NO3/c1-12(2)14-7-3-4-8-15(14)20-11-16(19)17-9-5-6-13(17)10-18/h3-4,7-8,12-13,18H,5-6,9-11H2,1-2H3/t13-/m1/s1. The molecule has 0 unspecified atom stereocenters. The van der Waals surface area contributed by atoms with Crippen LogP contribution in [0.5, 0.6) is 5.75 Å². The van der Waals surface area contributed by atoms with E-state index < -0.39 is 0 Å². The van der Waals surface area contributed by atoms with E-state index in [-0.39, 0.29) is 25.2 Å². The minimum Gasteiger partial charge on any atom is -0.483 e. The maximum atomic E-state index is 12.2. The third-order valence-corrected chi connectivity index (χ3v) is 3.80. The largest absolute Gasteiger partial charge is 0.483 e. The van der Waals surface area contributed by atoms with Gasteiger partial charge in [-0.3, -0.25) is 4.79 Å². The number of ether oxygens (including phenoxy) is 1. The van der Waals surface area contributed by atoms with Gasteiger partial charge in [-0.15, -0.1) is 0 Å². The molecule has 1 aliphatic heterocycles. The number of nitrogens with zero attached hydrogens (tertiary/aromatic N) is 1. The maximum Gasteiger partial charge on any atom is 0.260 e. The second-order valence-electron chi connectivity index (χ2n) is 5.55. The van der Waals surface area contributed by atoms with Gasteiger partial charge in [-0.25, -0.2) is 0 Å². The van der Waals surface area contributed by atoms with Gasteiger partial charge in [0.05, 0.1) is 12.6 Å². The van der Waals surface area contributed by atoms with Crippen molar-refractivity contribution >= 4 is 5.91 Å². The molecule has 1 fully saturated rings. The summed E-state index contributed by atoms with van der Waals surface area (Å²) in [4.78, 5) is 13.9. The van der Waals surface area contributed by atoms with Crippen molar-refractivity contribution < 1.29 is 14.6 Å². The smallest absolute Gasteiger partial charge is 0.260 e. The zero-order chi connectivity index (χ0) is 14.5. The fourth-order valence-electron chi connectivity index (χ4n) is 2.67. The monoisotopic (exact) mass is 277 g/mol. The Balaban J connectivity index is 1.97. The van der Waals surface area contributed by atoms with Crippen molar-refractivity contribution in [3.05, 3.63) is 29.8 Å². The van der Waals surface area contributed by atoms with Crippen LogP contribution >= 0.6 is 0 Å². The van der Waals surface area contributed by atoms with E-state index >= 15 is 0 Å². The molecule has 110 valence electrons. The average molecular weight is 277 g/mol. The number of rotatable bonds is 5. The van der Waals surface area contributed by atoms with Crippen molar-refractivity contribution in [2.75, 3.05) is 19.8 Å². The molecule has 1 aromatic rings. The highest BCUT2D eigenvalue weighted by Gasteiger charge is 2.28. The first-order valence-electron chi connectivity index (χ1n) is 7.25. The van der Waals surface area contributed by atoms with Crippen LogP contribution in [0, 0.1) is 0 Å². The Hall–Kier alpha value is -1.55. The highest BCUT2D eigenvalue weighted by molar-refractivity contribution is 5.78. The molecule has 4 heteroatoms. The van der Waals surface area contributed by atoms with Crippen molar-refractivity contribution in [2.24, 2.45) is 0 Å². The quantitative estimate of drug-likeness (QED) is 0.897. The molecule has 0 saturated carbocycles. The highest BCUT2D eigenvalue weighted by Crippen LogP contribution is 2.26. The number of hydrogen-bond acceptors (Lipinski definition) is 3. The molecule has 0 radical (unpaired) electrons. The lowest BCUT2D eigenvalue weighted by atomic mass is 10.0. The Morgan fingerprint density at radius 2 is 2.20 bits per heavy atom. The molecule has 0 aliphatic carbocycles. The number of aliphatic hydroxyl groups excluding tert-OH is 1. The molecule has 1 heterocycles. The molecule has 20 heavy (non-hydrogen) atoms. The topological polar surface area (TPSA) is 49.8 Å². The van der Waals surface area contributed by atoms with Crippen LogP contribution in [-0.4, -0.2) is 41.7 Å². The van der Waals surface area contributed by atoms with Crippen LogP contribution in [0.3, 0.4) is 0 Å². The first-order chi connectivity index (χ1) is 9.63. The molecule has 1 saturated heterocycles. The Labute approximate surface area is 120 Å². The van der Waals surface area contributed by atoms with Gasteiger partial charge in [0.2, 0.25) is 0 Å². The molecule has 0 bridgehead atoms. The Bertz CT molecular complexity index is 459. The number of likely N-dealkylation sites (tertiary alicyclic amines) is 1. The maximum absolute atomic E-state index is 12.2. The van der Waals surface area contributed by atoms with E-state index in [1.54, 1.807) is 4.90 Å². The van der Waals surface area contributed by atoms with E-state index in [0.717, 1.165) is 30.7 Å². The van der Waals surface area contributed by atoms with Gasteiger partial charge < -0.3 is 14.7 Å². The molecular weight excluding hydrogens is 254 g/mol. The molecule has 4 nitrogen and oxygen atoms in total. The second kappa shape index (κ2) is 6.75. The van der Waals surface area contributed by atoms with Gasteiger partial charge in [0.25, 0.3) is 5.91 Å². The van der Waals surface area contributed by atoms with Crippen molar-refractivity contribution in [3.8, 4) is 5.75 Å². The van der Waals surface area contributed by atoms with Gasteiger partial charge in [-0.05, 0) is 30.4 Å². The predicted molar refractivity (Wildman–Crippen MR) is 77.8 cm³/mol. The van der Waals surface area contributed by atoms with E-state index in [9.17, 15) is 9.90 Å². The molecule has 2 rings (SSSR count). The Morgan fingerprint density at radius 3 is 2.90 bits per heavy atom. The first-order valence-corrected chi connectivity index (χ1v) is 7.25. The van der Waals surface area contributed by atoms with Crippen LogP contribution in [-0.2, 0) is 4.79 Å². The summed E-state index contributed by atoms with van der Waals surface area (Å²) in [6.07, 6.45) is 1.84. The van der Waals surface area contributed by atoms with E-state index in [2.05, 4.69) is 13.8 Å². The molecule has 1 atom stereocenters. The van der Waals surface area contributed by atoms with Gasteiger partial charge in [-0.1, -0.05) is 32.0 Å². The summed E-state index contributed by atoms with van der Waals surface area (Å²) in [6.45, 7) is 5.01. The number of amides is 1. The van der Waals surface area contributed by atoms with Crippen LogP contribution in [0.1, 0.15) is 38.2 Å². The van der Waals surface area contributed by atoms with E-state index in [1.165, 1.54) is 0 Å². The van der Waals surface area contributed by atoms with E-state index in [4.69, 9.17) is 4.74 Å². The Morgan fingerprint density at radius 1 is 1.45 bits per heavy atom. The van der Waals surface area contributed by atoms with Gasteiger partial charge in [0.15, 0.2) is 6.61 Å². The summed E-state index contributed by atoms with van der Waals surface area (Å²) in [5.41, 5.74) is 1.11. The summed E-state index contributed by atoms with van der Waals surface area (Å²) in [5, 5.41) is 9.25. The lowest BCUT2D eigenvalue weighted by molar-refractivity contribution is -0.134. The third-order valence-electron chi connectivity index (χ3n) is 3.80. The summed E-state index contributed by atoms with van der Waals surface area (Å²) >= 11 is 0. The number of hydrogen-bond donors (Lipinski definition) is 1. The SMILES string of the molecule is CC(C)c1ccccc1OCC(=O)N1CCC[C@@H]1CO. The minimum absolute atomic E-state index is 0.0357. The van der Waals surface area contributed by atoms with Gasteiger partial charge in [0.1, 0.15) is 5.75 Å². The lowest BCUT2D eigenvalue weighted by Crippen LogP contribution is -2.40. The van der Waals surface area contributed by atoms with Gasteiger partial charge in [-0.2, -0.15) is 0 Å². The number of benzene rings is 1. The van der Waals surface area contributed by atoms with Crippen molar-refractivity contribution in [1.82, 2.24) is 4.90 Å². The van der Waals surface area contributed by atoms with Crippen LogP contribution < -0.4 is 4.74 Å². The van der Waals surface area contributed by atoms with E-state index in [1.807, 2.05) is 24.3 Å². The predicted octanol–water partition coefficient (Wildman–Crippen LogP) is 2.17. The minimum atomic E-state index is -0.0416. The molecule has 0 spiro atoms. The summed E-state index contributed by atoms with van der Waals surface area (Å²) in [7, 11) is 0. The van der Waals surface area contributed by atoms with Crippen molar-refractivity contribution in [1.29, 1.82) is 0 Å². The van der Waals surface area contributed by atoms with Crippen molar-refractivity contribution in [3.63, 3.8) is 0 Å². The fraction of sp³-hybridized carbons (Fsp3) is 0.562. The summed E-state index contributed by atoms with van der Waals surface area (Å²) < 4.78 is 5.69. The van der Waals surface area contributed by atoms with E-state index in [0.29, 0.717) is 5.92 Å². The fourth-order valence-corrected chi connectivity index (χ4v) is 2.67. The second-order valence-corrected chi connectivity index (χ2v) is 5.55.